The van der Waals surface area contributed by atoms with Crippen LogP contribution < -0.4 is 0 Å². The Morgan fingerprint density at radius 1 is 1.00 bits per heavy atom. The summed E-state index contributed by atoms with van der Waals surface area (Å²) < 4.78 is 0. The molecule has 0 spiro atoms. The number of benzene rings is 2. The van der Waals surface area contributed by atoms with E-state index < -0.39 is 0 Å². The topological polar surface area (TPSA) is 19.9 Å². The molecule has 1 radical (unpaired) electrons. The molecule has 87 valence electrons. The van der Waals surface area contributed by atoms with Gasteiger partial charge in [0, 0.05) is 0 Å². The Bertz CT molecular complexity index is 474. The lowest BCUT2D eigenvalue weighted by Crippen LogP contribution is -1.90. The predicted molar refractivity (Wildman–Crippen MR) is 70.6 cm³/mol. The van der Waals surface area contributed by atoms with Gasteiger partial charge in [-0.25, -0.2) is 0 Å². The third-order valence-corrected chi connectivity index (χ3v) is 2.96. The van der Waals surface area contributed by atoms with Gasteiger partial charge in [0.05, 0.1) is 0 Å². The van der Waals surface area contributed by atoms with Gasteiger partial charge in [-0.15, -0.1) is 0 Å². The normalized spacial score (nSPS) is 10.4. The lowest BCUT2D eigenvalue weighted by molar-refractivity contribution is 0.354. The van der Waals surface area contributed by atoms with Crippen molar-refractivity contribution in [3.8, 4) is 16.9 Å². The molecule has 2 rings (SSSR count). The van der Waals surface area contributed by atoms with Crippen LogP contribution in [0.25, 0.3) is 11.1 Å². The van der Waals surface area contributed by atoms with Gasteiger partial charge in [-0.1, -0.05) is 49.7 Å². The fourth-order valence-corrected chi connectivity index (χ4v) is 2.04. The zero-order valence-electron chi connectivity index (χ0n) is 10.1. The summed E-state index contributed by atoms with van der Waals surface area (Å²) in [6, 6.07) is 15.6. The maximum absolute atomic E-state index is 11.4. The largest absolute Gasteiger partial charge is 0.290 e. The van der Waals surface area contributed by atoms with Crippen LogP contribution in [0.4, 0.5) is 0 Å². The van der Waals surface area contributed by atoms with Gasteiger partial charge in [0.25, 0.3) is 0 Å². The Labute approximate surface area is 103 Å². The highest BCUT2D eigenvalue weighted by Crippen LogP contribution is 2.28. The number of unbranched alkanes of at least 4 members (excludes halogenated alkanes) is 1. The molecule has 0 bridgehead atoms. The molecule has 0 atom stereocenters. The SMILES string of the molecule is CCCCc1cc([O])ccc1-c1ccccc1. The van der Waals surface area contributed by atoms with E-state index in [-0.39, 0.29) is 5.75 Å². The maximum atomic E-state index is 11.4. The summed E-state index contributed by atoms with van der Waals surface area (Å²) in [6.45, 7) is 2.17. The lowest BCUT2D eigenvalue weighted by atomic mass is 9.96. The van der Waals surface area contributed by atoms with Crippen molar-refractivity contribution < 1.29 is 5.11 Å². The van der Waals surface area contributed by atoms with E-state index in [0.717, 1.165) is 19.3 Å². The standard InChI is InChI=1S/C16H17O/c1-2-3-7-14-12-15(17)10-11-16(14)13-8-5-4-6-9-13/h4-6,8-12H,2-3,7H2,1H3. The first-order chi connectivity index (χ1) is 8.31. The third-order valence-electron chi connectivity index (χ3n) is 2.96. The minimum Gasteiger partial charge on any atom is -0.290 e. The minimum atomic E-state index is 0.107. The Morgan fingerprint density at radius 2 is 1.76 bits per heavy atom. The van der Waals surface area contributed by atoms with E-state index >= 15 is 0 Å². The molecule has 1 nitrogen and oxygen atoms in total. The third kappa shape index (κ3) is 2.88. The summed E-state index contributed by atoms with van der Waals surface area (Å²) in [5, 5.41) is 11.4. The monoisotopic (exact) mass is 225 g/mol. The van der Waals surface area contributed by atoms with Gasteiger partial charge in [0.2, 0.25) is 0 Å². The molecule has 1 heteroatoms. The lowest BCUT2D eigenvalue weighted by Gasteiger charge is -2.09. The molecule has 0 unspecified atom stereocenters. The van der Waals surface area contributed by atoms with Crippen LogP contribution in [0.15, 0.2) is 48.5 Å². The van der Waals surface area contributed by atoms with Gasteiger partial charge in [0.15, 0.2) is 5.75 Å². The average molecular weight is 225 g/mol. The molecular formula is C16H17O. The van der Waals surface area contributed by atoms with Crippen molar-refractivity contribution in [2.45, 2.75) is 26.2 Å². The van der Waals surface area contributed by atoms with Crippen molar-refractivity contribution in [3.05, 3.63) is 54.1 Å². The highest BCUT2D eigenvalue weighted by Gasteiger charge is 2.06. The second-order valence-corrected chi connectivity index (χ2v) is 4.29. The number of hydrogen-bond donors (Lipinski definition) is 0. The summed E-state index contributed by atoms with van der Waals surface area (Å²) in [6.07, 6.45) is 3.26. The Kier molecular flexibility index (Phi) is 3.81. The number of aryl methyl sites for hydroxylation is 1. The smallest absolute Gasteiger partial charge is 0.178 e. The first-order valence-electron chi connectivity index (χ1n) is 6.16. The summed E-state index contributed by atoms with van der Waals surface area (Å²) in [5.41, 5.74) is 3.56. The van der Waals surface area contributed by atoms with Crippen molar-refractivity contribution in [2.24, 2.45) is 0 Å². The van der Waals surface area contributed by atoms with Crippen LogP contribution >= 0.6 is 0 Å². The van der Waals surface area contributed by atoms with Crippen molar-refractivity contribution in [1.82, 2.24) is 0 Å². The Balaban J connectivity index is 2.39. The molecule has 0 saturated carbocycles. The zero-order chi connectivity index (χ0) is 12.1. The van der Waals surface area contributed by atoms with Crippen molar-refractivity contribution >= 4 is 0 Å². The second kappa shape index (κ2) is 5.53. The van der Waals surface area contributed by atoms with Gasteiger partial charge in [-0.3, -0.25) is 5.11 Å². The number of rotatable bonds is 4. The first kappa shape index (κ1) is 11.7. The summed E-state index contributed by atoms with van der Waals surface area (Å²) >= 11 is 0. The van der Waals surface area contributed by atoms with Gasteiger partial charge in [-0.2, -0.15) is 0 Å². The summed E-state index contributed by atoms with van der Waals surface area (Å²) in [4.78, 5) is 0. The molecule has 0 saturated heterocycles. The molecular weight excluding hydrogens is 208 g/mol. The van der Waals surface area contributed by atoms with Gasteiger partial charge in [0.1, 0.15) is 0 Å². The first-order valence-corrected chi connectivity index (χ1v) is 6.16. The molecule has 0 amide bonds. The molecule has 2 aromatic rings. The minimum absolute atomic E-state index is 0.107. The van der Waals surface area contributed by atoms with E-state index in [1.54, 1.807) is 12.1 Å². The molecule has 0 aliphatic heterocycles. The zero-order valence-corrected chi connectivity index (χ0v) is 10.1. The molecule has 0 aromatic heterocycles. The van der Waals surface area contributed by atoms with Crippen LogP contribution in [0.1, 0.15) is 25.3 Å². The number of hydrogen-bond acceptors (Lipinski definition) is 0. The van der Waals surface area contributed by atoms with Crippen molar-refractivity contribution in [3.63, 3.8) is 0 Å². The van der Waals surface area contributed by atoms with Gasteiger partial charge in [-0.05, 0) is 41.7 Å². The highest BCUT2D eigenvalue weighted by atomic mass is 16.3. The molecule has 0 N–H and O–H groups in total. The predicted octanol–water partition coefficient (Wildman–Crippen LogP) is 4.84. The summed E-state index contributed by atoms with van der Waals surface area (Å²) in [5.74, 6) is 0.107. The van der Waals surface area contributed by atoms with Gasteiger partial charge < -0.3 is 0 Å². The van der Waals surface area contributed by atoms with Crippen LogP contribution in [0, 0.1) is 0 Å². The van der Waals surface area contributed by atoms with Crippen LogP contribution in [-0.4, -0.2) is 0 Å². The molecule has 17 heavy (non-hydrogen) atoms. The molecule has 0 fully saturated rings. The van der Waals surface area contributed by atoms with E-state index in [9.17, 15) is 5.11 Å². The van der Waals surface area contributed by atoms with E-state index in [0.29, 0.717) is 0 Å². The highest BCUT2D eigenvalue weighted by molar-refractivity contribution is 5.68. The quantitative estimate of drug-likeness (QED) is 0.709. The van der Waals surface area contributed by atoms with Crippen molar-refractivity contribution in [1.29, 1.82) is 0 Å². The van der Waals surface area contributed by atoms with E-state index in [1.807, 2.05) is 24.3 Å². The van der Waals surface area contributed by atoms with E-state index in [1.165, 1.54) is 16.7 Å². The molecule has 0 aliphatic rings. The van der Waals surface area contributed by atoms with Gasteiger partial charge >= 0.3 is 0 Å². The average Bonchev–Trinajstić information content (AvgIpc) is 2.37. The summed E-state index contributed by atoms with van der Waals surface area (Å²) in [7, 11) is 0. The van der Waals surface area contributed by atoms with E-state index in [2.05, 4.69) is 19.1 Å². The van der Waals surface area contributed by atoms with Crippen molar-refractivity contribution in [2.75, 3.05) is 0 Å². The van der Waals surface area contributed by atoms with Crippen LogP contribution in [0.3, 0.4) is 0 Å². The van der Waals surface area contributed by atoms with E-state index in [4.69, 9.17) is 0 Å². The molecule has 0 heterocycles. The fraction of sp³-hybridized carbons (Fsp3) is 0.250. The molecule has 0 aliphatic carbocycles. The van der Waals surface area contributed by atoms with Crippen LogP contribution in [0.5, 0.6) is 5.75 Å². The Morgan fingerprint density at radius 3 is 2.47 bits per heavy atom. The van der Waals surface area contributed by atoms with Crippen LogP contribution in [0.2, 0.25) is 0 Å². The maximum Gasteiger partial charge on any atom is 0.178 e. The second-order valence-electron chi connectivity index (χ2n) is 4.29. The van der Waals surface area contributed by atoms with Crippen LogP contribution in [-0.2, 0) is 11.5 Å². The Hall–Kier alpha value is -1.76. The fourth-order valence-electron chi connectivity index (χ4n) is 2.04. The molecule has 2 aromatic carbocycles.